The van der Waals surface area contributed by atoms with Crippen molar-refractivity contribution in [2.45, 2.75) is 23.7 Å². The minimum absolute atomic E-state index is 0.0821. The number of hydrogen-bond acceptors (Lipinski definition) is 9. The summed E-state index contributed by atoms with van der Waals surface area (Å²) in [5.41, 5.74) is 0.868. The van der Waals surface area contributed by atoms with E-state index in [1.165, 1.54) is 12.1 Å². The van der Waals surface area contributed by atoms with Crippen molar-refractivity contribution in [1.29, 1.82) is 0 Å². The first-order valence-electron chi connectivity index (χ1n) is 9.31. The number of nitrogens with zero attached hydrogens (tertiary/aromatic N) is 5. The Morgan fingerprint density at radius 3 is 2.60 bits per heavy atom. The second kappa shape index (κ2) is 7.82. The van der Waals surface area contributed by atoms with Crippen LogP contribution >= 0.6 is 0 Å². The largest absolute Gasteiger partial charge is 0.371 e. The highest BCUT2D eigenvalue weighted by Gasteiger charge is 2.28. The van der Waals surface area contributed by atoms with Gasteiger partial charge in [0.15, 0.2) is 9.84 Å². The fraction of sp³-hybridized carbons (Fsp3) is 0.316. The van der Waals surface area contributed by atoms with E-state index >= 15 is 0 Å². The fourth-order valence-electron chi connectivity index (χ4n) is 3.53. The molecule has 0 aliphatic carbocycles. The Hall–Kier alpha value is -3.34. The molecule has 1 fully saturated rings. The molecule has 0 spiro atoms. The number of nitro benzene ring substituents is 1. The number of hydrogen-bond donors (Lipinski definition) is 0. The molecule has 3 heterocycles. The number of anilines is 1. The van der Waals surface area contributed by atoms with Gasteiger partial charge in [0.1, 0.15) is 10.6 Å². The second-order valence-corrected chi connectivity index (χ2v) is 9.10. The second-order valence-electron chi connectivity index (χ2n) is 7.11. The van der Waals surface area contributed by atoms with Crippen LogP contribution in [0.5, 0.6) is 0 Å². The number of piperidine rings is 1. The molecule has 30 heavy (non-hydrogen) atoms. The lowest BCUT2D eigenvalue weighted by atomic mass is 9.96. The molecule has 1 aliphatic heterocycles. The molecule has 3 aromatic rings. The molecule has 1 saturated heterocycles. The number of benzene rings is 1. The lowest BCUT2D eigenvalue weighted by Crippen LogP contribution is -2.33. The average molecular weight is 429 g/mol. The smallest absolute Gasteiger partial charge is 0.288 e. The van der Waals surface area contributed by atoms with Crippen LogP contribution in [-0.2, 0) is 9.84 Å². The van der Waals surface area contributed by atoms with E-state index in [2.05, 4.69) is 15.1 Å². The van der Waals surface area contributed by atoms with Gasteiger partial charge in [-0.25, -0.2) is 8.42 Å². The van der Waals surface area contributed by atoms with Gasteiger partial charge in [0.2, 0.25) is 11.7 Å². The molecule has 0 bridgehead atoms. The van der Waals surface area contributed by atoms with Crippen LogP contribution < -0.4 is 4.90 Å². The van der Waals surface area contributed by atoms with Crippen LogP contribution in [0.15, 0.2) is 52.0 Å². The van der Waals surface area contributed by atoms with Crippen LogP contribution in [0.25, 0.3) is 11.5 Å². The first-order valence-corrected chi connectivity index (χ1v) is 11.2. The van der Waals surface area contributed by atoms with Crippen LogP contribution in [0.1, 0.15) is 24.7 Å². The highest BCUT2D eigenvalue weighted by Crippen LogP contribution is 2.33. The molecule has 10 nitrogen and oxygen atoms in total. The van der Waals surface area contributed by atoms with Crippen molar-refractivity contribution in [1.82, 2.24) is 15.1 Å². The highest BCUT2D eigenvalue weighted by molar-refractivity contribution is 7.90. The maximum atomic E-state index is 12.0. The summed E-state index contributed by atoms with van der Waals surface area (Å²) in [5.74, 6) is 1.08. The molecule has 11 heteroatoms. The first kappa shape index (κ1) is 20.0. The molecule has 4 rings (SSSR count). The lowest BCUT2D eigenvalue weighted by molar-refractivity contribution is -0.387. The molecule has 1 aliphatic rings. The summed E-state index contributed by atoms with van der Waals surface area (Å²) in [7, 11) is -3.72. The van der Waals surface area contributed by atoms with Gasteiger partial charge in [-0.15, -0.1) is 0 Å². The molecular weight excluding hydrogens is 410 g/mol. The Morgan fingerprint density at radius 2 is 1.97 bits per heavy atom. The number of rotatable bonds is 5. The van der Waals surface area contributed by atoms with Gasteiger partial charge in [-0.3, -0.25) is 15.1 Å². The Kier molecular flexibility index (Phi) is 5.20. The van der Waals surface area contributed by atoms with Crippen LogP contribution in [0.3, 0.4) is 0 Å². The molecule has 0 unspecified atom stereocenters. The third kappa shape index (κ3) is 4.01. The highest BCUT2D eigenvalue weighted by atomic mass is 32.2. The van der Waals surface area contributed by atoms with Gasteiger partial charge in [-0.05, 0) is 37.1 Å². The number of sulfone groups is 1. The summed E-state index contributed by atoms with van der Waals surface area (Å²) in [6.45, 7) is 1.26. The van der Waals surface area contributed by atoms with E-state index in [-0.39, 0.29) is 10.8 Å². The van der Waals surface area contributed by atoms with Gasteiger partial charge >= 0.3 is 0 Å². The van der Waals surface area contributed by atoms with Gasteiger partial charge < -0.3 is 9.42 Å². The standard InChI is InChI=1S/C19H19N5O5S/c1-30(27,28)17-12-14(5-6-16(17)24(25)26)23-10-7-13(8-11-23)19-21-18(22-29-19)15-4-2-3-9-20-15/h2-6,9,12-13H,7-8,10-11H2,1H3. The van der Waals surface area contributed by atoms with E-state index in [0.717, 1.165) is 19.1 Å². The van der Waals surface area contributed by atoms with Crippen molar-refractivity contribution in [3.05, 3.63) is 58.6 Å². The monoisotopic (exact) mass is 429 g/mol. The van der Waals surface area contributed by atoms with Gasteiger partial charge in [0.05, 0.1) is 4.92 Å². The predicted octanol–water partition coefficient (Wildman–Crippen LogP) is 2.83. The lowest BCUT2D eigenvalue weighted by Gasteiger charge is -2.32. The van der Waals surface area contributed by atoms with Crippen LogP contribution in [0, 0.1) is 10.1 Å². The summed E-state index contributed by atoms with van der Waals surface area (Å²) >= 11 is 0. The summed E-state index contributed by atoms with van der Waals surface area (Å²) in [4.78, 5) is 20.9. The Balaban J connectivity index is 1.49. The van der Waals surface area contributed by atoms with Crippen LogP contribution in [0.2, 0.25) is 0 Å². The molecule has 0 atom stereocenters. The summed E-state index contributed by atoms with van der Waals surface area (Å²) < 4.78 is 29.4. The van der Waals surface area contributed by atoms with Crippen molar-refractivity contribution < 1.29 is 17.9 Å². The molecule has 0 N–H and O–H groups in total. The van der Waals surface area contributed by atoms with Crippen molar-refractivity contribution in [2.75, 3.05) is 24.2 Å². The minimum atomic E-state index is -3.72. The third-order valence-corrected chi connectivity index (χ3v) is 6.21. The Bertz CT molecular complexity index is 1170. The van der Waals surface area contributed by atoms with Crippen molar-refractivity contribution in [2.24, 2.45) is 0 Å². The van der Waals surface area contributed by atoms with E-state index < -0.39 is 20.4 Å². The molecule has 1 aromatic carbocycles. The summed E-state index contributed by atoms with van der Waals surface area (Å²) in [6.07, 6.45) is 4.10. The van der Waals surface area contributed by atoms with Gasteiger partial charge in [0.25, 0.3) is 5.69 Å². The number of pyridine rings is 1. The zero-order valence-electron chi connectivity index (χ0n) is 16.1. The minimum Gasteiger partial charge on any atom is -0.371 e. The molecule has 2 aromatic heterocycles. The van der Waals surface area contributed by atoms with E-state index in [1.807, 2.05) is 23.1 Å². The van der Waals surface area contributed by atoms with Crippen LogP contribution in [0.4, 0.5) is 11.4 Å². The van der Waals surface area contributed by atoms with E-state index in [1.54, 1.807) is 12.3 Å². The van der Waals surface area contributed by atoms with Crippen molar-refractivity contribution >= 4 is 21.2 Å². The van der Waals surface area contributed by atoms with E-state index in [9.17, 15) is 18.5 Å². The maximum Gasteiger partial charge on any atom is 0.288 e. The molecule has 0 radical (unpaired) electrons. The molecule has 0 saturated carbocycles. The fourth-order valence-corrected chi connectivity index (χ4v) is 4.39. The van der Waals surface area contributed by atoms with E-state index in [0.29, 0.717) is 36.2 Å². The average Bonchev–Trinajstić information content (AvgIpc) is 3.24. The van der Waals surface area contributed by atoms with Crippen molar-refractivity contribution in [3.63, 3.8) is 0 Å². The first-order chi connectivity index (χ1) is 14.3. The zero-order valence-corrected chi connectivity index (χ0v) is 16.9. The predicted molar refractivity (Wildman–Crippen MR) is 108 cm³/mol. The maximum absolute atomic E-state index is 12.0. The molecule has 0 amide bonds. The Morgan fingerprint density at radius 1 is 1.20 bits per heavy atom. The SMILES string of the molecule is CS(=O)(=O)c1cc(N2CCC(c3nc(-c4ccccn4)no3)CC2)ccc1[N+](=O)[O-]. The zero-order chi connectivity index (χ0) is 21.3. The normalized spacial score (nSPS) is 15.3. The quantitative estimate of drug-likeness (QED) is 0.443. The Labute approximate surface area is 172 Å². The van der Waals surface area contributed by atoms with Gasteiger partial charge in [-0.1, -0.05) is 11.2 Å². The number of nitro groups is 1. The van der Waals surface area contributed by atoms with E-state index in [4.69, 9.17) is 4.52 Å². The summed E-state index contributed by atoms with van der Waals surface area (Å²) in [6, 6.07) is 9.68. The third-order valence-electron chi connectivity index (χ3n) is 5.08. The summed E-state index contributed by atoms with van der Waals surface area (Å²) in [5, 5.41) is 15.2. The molecular formula is C19H19N5O5S. The van der Waals surface area contributed by atoms with Crippen LogP contribution in [-0.4, -0.2) is 47.8 Å². The van der Waals surface area contributed by atoms with Gasteiger partial charge in [0, 0.05) is 43.2 Å². The van der Waals surface area contributed by atoms with Gasteiger partial charge in [-0.2, -0.15) is 4.98 Å². The molecule has 156 valence electrons. The topological polar surface area (TPSA) is 132 Å². The number of aromatic nitrogens is 3. The van der Waals surface area contributed by atoms with Crippen molar-refractivity contribution in [3.8, 4) is 11.5 Å².